The Labute approximate surface area is 127 Å². The van der Waals surface area contributed by atoms with E-state index in [2.05, 4.69) is 5.32 Å². The smallest absolute Gasteiger partial charge is 0.350 e. The van der Waals surface area contributed by atoms with Crippen molar-refractivity contribution in [2.45, 2.75) is 33.0 Å². The molecule has 5 nitrogen and oxygen atoms in total. The van der Waals surface area contributed by atoms with E-state index < -0.39 is 17.7 Å². The molecule has 1 aliphatic heterocycles. The average molecular weight is 310 g/mol. The van der Waals surface area contributed by atoms with Gasteiger partial charge in [0.1, 0.15) is 0 Å². The maximum absolute atomic E-state index is 11.8. The molecule has 2 rings (SSSR count). The molecule has 0 bridgehead atoms. The highest BCUT2D eigenvalue weighted by Gasteiger charge is 2.38. The molecule has 1 fully saturated rings. The Bertz CT molecular complexity index is 600. The molecule has 1 aliphatic rings. The lowest BCUT2D eigenvalue weighted by atomic mass is 10.1. The molecule has 6 heteroatoms. The molecule has 1 aromatic carbocycles. The Morgan fingerprint density at radius 2 is 1.86 bits per heavy atom. The number of aryl methyl sites for hydroxylation is 1. The Hall–Kier alpha value is -2.01. The summed E-state index contributed by atoms with van der Waals surface area (Å²) in [6.07, 6.45) is 2.10. The van der Waals surface area contributed by atoms with E-state index in [0.717, 1.165) is 12.0 Å². The van der Waals surface area contributed by atoms with Gasteiger partial charge in [0.25, 0.3) is 5.79 Å². The van der Waals surface area contributed by atoms with Crippen molar-refractivity contribution < 1.29 is 19.1 Å². The molecule has 112 valence electrons. The number of esters is 2. The molecule has 1 N–H and O–H groups in total. The van der Waals surface area contributed by atoms with E-state index in [-0.39, 0.29) is 5.57 Å². The molecular weight excluding hydrogens is 294 g/mol. The van der Waals surface area contributed by atoms with Gasteiger partial charge in [0, 0.05) is 20.0 Å². The fraction of sp³-hybridized carbons (Fsp3) is 0.333. The summed E-state index contributed by atoms with van der Waals surface area (Å²) in [4.78, 5) is 23.6. The second-order valence-electron chi connectivity index (χ2n) is 5.05. The molecule has 0 saturated carbocycles. The molecule has 1 saturated heterocycles. The third-order valence-corrected chi connectivity index (χ3v) is 3.26. The first-order valence-electron chi connectivity index (χ1n) is 6.54. The minimum Gasteiger partial charge on any atom is -0.419 e. The standard InChI is InChI=1S/C15H16ClNO4/c1-4-9-5-6-11(16)12(7-9)17-8-10-13(18)20-15(2,3)21-14(10)19/h5-8,17H,4H2,1-3H3. The second-order valence-corrected chi connectivity index (χ2v) is 5.46. The predicted molar refractivity (Wildman–Crippen MR) is 78.8 cm³/mol. The number of benzene rings is 1. The highest BCUT2D eigenvalue weighted by Crippen LogP contribution is 2.25. The molecule has 0 spiro atoms. The first kappa shape index (κ1) is 15.4. The van der Waals surface area contributed by atoms with Gasteiger partial charge in [0.2, 0.25) is 0 Å². The number of ether oxygens (including phenoxy) is 2. The summed E-state index contributed by atoms with van der Waals surface area (Å²) < 4.78 is 9.99. The highest BCUT2D eigenvalue weighted by atomic mass is 35.5. The van der Waals surface area contributed by atoms with Gasteiger partial charge in [0.15, 0.2) is 5.57 Å². The van der Waals surface area contributed by atoms with Gasteiger partial charge in [0.05, 0.1) is 10.7 Å². The summed E-state index contributed by atoms with van der Waals surface area (Å²) in [6.45, 7) is 5.01. The maximum atomic E-state index is 11.8. The van der Waals surface area contributed by atoms with E-state index in [1.165, 1.54) is 20.0 Å². The molecule has 21 heavy (non-hydrogen) atoms. The predicted octanol–water partition coefficient (Wildman–Crippen LogP) is 3.03. The van der Waals surface area contributed by atoms with Gasteiger partial charge in [-0.25, -0.2) is 9.59 Å². The maximum Gasteiger partial charge on any atom is 0.350 e. The second kappa shape index (κ2) is 5.77. The lowest BCUT2D eigenvalue weighted by Crippen LogP contribution is -2.42. The Balaban J connectivity index is 2.21. The highest BCUT2D eigenvalue weighted by molar-refractivity contribution is 6.33. The van der Waals surface area contributed by atoms with Crippen LogP contribution in [0, 0.1) is 0 Å². The largest absolute Gasteiger partial charge is 0.419 e. The topological polar surface area (TPSA) is 64.6 Å². The molecular formula is C15H16ClNO4. The molecule has 0 aromatic heterocycles. The van der Waals surface area contributed by atoms with Crippen LogP contribution in [0.3, 0.4) is 0 Å². The van der Waals surface area contributed by atoms with Crippen LogP contribution in [0.2, 0.25) is 5.02 Å². The van der Waals surface area contributed by atoms with Crippen LogP contribution in [-0.4, -0.2) is 17.7 Å². The molecule has 1 aromatic rings. The third-order valence-electron chi connectivity index (χ3n) is 2.93. The van der Waals surface area contributed by atoms with Crippen LogP contribution < -0.4 is 5.32 Å². The van der Waals surface area contributed by atoms with Crippen LogP contribution >= 0.6 is 11.6 Å². The van der Waals surface area contributed by atoms with Gasteiger partial charge in [-0.15, -0.1) is 0 Å². The van der Waals surface area contributed by atoms with Crippen LogP contribution in [0.4, 0.5) is 5.69 Å². The minimum atomic E-state index is -1.24. The number of rotatable bonds is 3. The van der Waals surface area contributed by atoms with E-state index in [1.807, 2.05) is 19.1 Å². The van der Waals surface area contributed by atoms with Crippen LogP contribution in [0.15, 0.2) is 30.0 Å². The zero-order chi connectivity index (χ0) is 15.6. The number of hydrogen-bond donors (Lipinski definition) is 1. The summed E-state index contributed by atoms with van der Waals surface area (Å²) in [5.74, 6) is -2.70. The number of halogens is 1. The summed E-state index contributed by atoms with van der Waals surface area (Å²) in [7, 11) is 0. The van der Waals surface area contributed by atoms with Gasteiger partial charge in [-0.2, -0.15) is 0 Å². The lowest BCUT2D eigenvalue weighted by Gasteiger charge is -2.29. The summed E-state index contributed by atoms with van der Waals surface area (Å²) in [5, 5.41) is 3.34. The van der Waals surface area contributed by atoms with Gasteiger partial charge >= 0.3 is 11.9 Å². The number of cyclic esters (lactones) is 2. The zero-order valence-corrected chi connectivity index (χ0v) is 12.8. The lowest BCUT2D eigenvalue weighted by molar-refractivity contribution is -0.222. The zero-order valence-electron chi connectivity index (χ0n) is 12.0. The van der Waals surface area contributed by atoms with E-state index in [1.54, 1.807) is 6.07 Å². The summed E-state index contributed by atoms with van der Waals surface area (Å²) in [5.41, 5.74) is 1.48. The Morgan fingerprint density at radius 3 is 2.43 bits per heavy atom. The van der Waals surface area contributed by atoms with E-state index in [9.17, 15) is 9.59 Å². The van der Waals surface area contributed by atoms with Gasteiger partial charge in [-0.1, -0.05) is 24.6 Å². The number of anilines is 1. The monoisotopic (exact) mass is 309 g/mol. The van der Waals surface area contributed by atoms with Crippen molar-refractivity contribution in [2.75, 3.05) is 5.32 Å². The van der Waals surface area contributed by atoms with E-state index in [4.69, 9.17) is 21.1 Å². The average Bonchev–Trinajstić information content (AvgIpc) is 2.38. The molecule has 1 heterocycles. The minimum absolute atomic E-state index is 0.202. The quantitative estimate of drug-likeness (QED) is 0.528. The van der Waals surface area contributed by atoms with Crippen molar-refractivity contribution in [2.24, 2.45) is 0 Å². The van der Waals surface area contributed by atoms with Crippen molar-refractivity contribution in [3.8, 4) is 0 Å². The van der Waals surface area contributed by atoms with Gasteiger partial charge in [-0.3, -0.25) is 0 Å². The fourth-order valence-corrected chi connectivity index (χ4v) is 2.00. The van der Waals surface area contributed by atoms with E-state index >= 15 is 0 Å². The molecule has 0 amide bonds. The van der Waals surface area contributed by atoms with Crippen LogP contribution in [0.25, 0.3) is 0 Å². The number of carbonyl (C=O) groups is 2. The van der Waals surface area contributed by atoms with Crippen molar-refractivity contribution in [3.63, 3.8) is 0 Å². The SMILES string of the molecule is CCc1ccc(Cl)c(NC=C2C(=O)OC(C)(C)OC2=O)c1. The van der Waals surface area contributed by atoms with Crippen molar-refractivity contribution in [1.29, 1.82) is 0 Å². The third kappa shape index (κ3) is 3.55. The van der Waals surface area contributed by atoms with Crippen molar-refractivity contribution in [3.05, 3.63) is 40.6 Å². The summed E-state index contributed by atoms with van der Waals surface area (Å²) in [6, 6.07) is 5.51. The van der Waals surface area contributed by atoms with Crippen LogP contribution in [0.5, 0.6) is 0 Å². The Kier molecular flexibility index (Phi) is 4.23. The summed E-state index contributed by atoms with van der Waals surface area (Å²) >= 11 is 6.06. The number of nitrogens with one attached hydrogen (secondary N) is 1. The molecule has 0 atom stereocenters. The van der Waals surface area contributed by atoms with Crippen LogP contribution in [0.1, 0.15) is 26.3 Å². The van der Waals surface area contributed by atoms with E-state index in [0.29, 0.717) is 10.7 Å². The number of carbonyl (C=O) groups excluding carboxylic acids is 2. The van der Waals surface area contributed by atoms with Gasteiger partial charge in [-0.05, 0) is 24.1 Å². The van der Waals surface area contributed by atoms with Gasteiger partial charge < -0.3 is 14.8 Å². The van der Waals surface area contributed by atoms with Crippen molar-refractivity contribution in [1.82, 2.24) is 0 Å². The molecule has 0 radical (unpaired) electrons. The first-order chi connectivity index (χ1) is 9.82. The fourth-order valence-electron chi connectivity index (χ4n) is 1.83. The first-order valence-corrected chi connectivity index (χ1v) is 6.92. The molecule has 0 unspecified atom stereocenters. The molecule has 0 aliphatic carbocycles. The Morgan fingerprint density at radius 1 is 1.24 bits per heavy atom. The van der Waals surface area contributed by atoms with Crippen molar-refractivity contribution >= 4 is 29.2 Å². The number of hydrogen-bond acceptors (Lipinski definition) is 5. The van der Waals surface area contributed by atoms with Crippen LogP contribution in [-0.2, 0) is 25.5 Å². The normalized spacial score (nSPS) is 17.0.